The highest BCUT2D eigenvalue weighted by molar-refractivity contribution is 5.73. The van der Waals surface area contributed by atoms with E-state index in [1.165, 1.54) is 18.0 Å². The molecule has 1 aromatic carbocycles. The first-order chi connectivity index (χ1) is 12.1. The van der Waals surface area contributed by atoms with Crippen LogP contribution < -0.4 is 5.32 Å². The van der Waals surface area contributed by atoms with Crippen molar-refractivity contribution in [3.8, 4) is 0 Å². The van der Waals surface area contributed by atoms with Crippen LogP contribution in [0.4, 0.5) is 22.4 Å². The van der Waals surface area contributed by atoms with Crippen molar-refractivity contribution in [3.63, 3.8) is 0 Å². The van der Waals surface area contributed by atoms with Gasteiger partial charge < -0.3 is 14.7 Å². The lowest BCUT2D eigenvalue weighted by Crippen LogP contribution is -2.36. The van der Waals surface area contributed by atoms with E-state index >= 15 is 0 Å². The number of hydrogen-bond acceptors (Lipinski definition) is 3. The molecule has 0 spiro atoms. The van der Waals surface area contributed by atoms with Crippen LogP contribution in [0.15, 0.2) is 28.8 Å². The number of alkyl halides is 3. The number of nitrogens with zero attached hydrogens (tertiary/aromatic N) is 2. The first kappa shape index (κ1) is 19.7. The molecular formula is C17H19F4N3O2. The number of nitrogens with one attached hydrogen (secondary N) is 1. The molecule has 2 amide bonds. The second-order valence-corrected chi connectivity index (χ2v) is 6.16. The molecule has 1 heterocycles. The van der Waals surface area contributed by atoms with Gasteiger partial charge in [-0.25, -0.2) is 9.18 Å². The number of urea groups is 1. The molecule has 0 atom stereocenters. The van der Waals surface area contributed by atoms with Crippen molar-refractivity contribution in [3.05, 3.63) is 52.7 Å². The predicted octanol–water partition coefficient (Wildman–Crippen LogP) is 4.30. The maximum Gasteiger partial charge on any atom is 0.419 e. The summed E-state index contributed by atoms with van der Waals surface area (Å²) in [4.78, 5) is 13.3. The van der Waals surface area contributed by atoms with Crippen LogP contribution in [0.2, 0.25) is 0 Å². The SMILES string of the molecule is CC(C)c1cc(CN(C)C(=O)NCc2cccc(C(F)(F)F)c2F)on1. The Morgan fingerprint density at radius 2 is 2.04 bits per heavy atom. The molecule has 0 unspecified atom stereocenters. The molecule has 2 aromatic rings. The van der Waals surface area contributed by atoms with Crippen LogP contribution in [-0.4, -0.2) is 23.1 Å². The van der Waals surface area contributed by atoms with Crippen LogP contribution in [0.3, 0.4) is 0 Å². The van der Waals surface area contributed by atoms with E-state index in [-0.39, 0.29) is 24.6 Å². The zero-order chi connectivity index (χ0) is 19.5. The van der Waals surface area contributed by atoms with Crippen LogP contribution in [0.5, 0.6) is 0 Å². The van der Waals surface area contributed by atoms with Crippen molar-refractivity contribution < 1.29 is 26.9 Å². The minimum absolute atomic E-state index is 0.122. The fourth-order valence-corrected chi connectivity index (χ4v) is 2.22. The maximum absolute atomic E-state index is 13.9. The number of hydrogen-bond donors (Lipinski definition) is 1. The number of carbonyl (C=O) groups is 1. The minimum Gasteiger partial charge on any atom is -0.359 e. The largest absolute Gasteiger partial charge is 0.419 e. The summed E-state index contributed by atoms with van der Waals surface area (Å²) in [5.41, 5.74) is -0.858. The van der Waals surface area contributed by atoms with E-state index in [1.807, 2.05) is 13.8 Å². The van der Waals surface area contributed by atoms with Gasteiger partial charge in [0.05, 0.1) is 17.8 Å². The normalized spacial score (nSPS) is 11.7. The van der Waals surface area contributed by atoms with Gasteiger partial charge in [0.2, 0.25) is 0 Å². The van der Waals surface area contributed by atoms with E-state index in [9.17, 15) is 22.4 Å². The molecule has 142 valence electrons. The highest BCUT2D eigenvalue weighted by Gasteiger charge is 2.34. The van der Waals surface area contributed by atoms with Crippen molar-refractivity contribution in [2.75, 3.05) is 7.05 Å². The number of carbonyl (C=O) groups excluding carboxylic acids is 1. The fourth-order valence-electron chi connectivity index (χ4n) is 2.22. The van der Waals surface area contributed by atoms with Gasteiger partial charge in [0.15, 0.2) is 5.76 Å². The van der Waals surface area contributed by atoms with Crippen molar-refractivity contribution in [1.82, 2.24) is 15.4 Å². The van der Waals surface area contributed by atoms with E-state index in [0.717, 1.165) is 11.8 Å². The van der Waals surface area contributed by atoms with Gasteiger partial charge in [0, 0.05) is 25.2 Å². The van der Waals surface area contributed by atoms with Crippen LogP contribution in [-0.2, 0) is 19.3 Å². The summed E-state index contributed by atoms with van der Waals surface area (Å²) >= 11 is 0. The second-order valence-electron chi connectivity index (χ2n) is 6.16. The predicted molar refractivity (Wildman–Crippen MR) is 85.7 cm³/mol. The molecule has 1 N–H and O–H groups in total. The van der Waals surface area contributed by atoms with Gasteiger partial charge in [-0.1, -0.05) is 31.1 Å². The van der Waals surface area contributed by atoms with Crippen molar-refractivity contribution >= 4 is 6.03 Å². The van der Waals surface area contributed by atoms with Crippen molar-refractivity contribution in [1.29, 1.82) is 0 Å². The average molecular weight is 373 g/mol. The third-order valence-corrected chi connectivity index (χ3v) is 3.72. The zero-order valence-corrected chi connectivity index (χ0v) is 14.5. The molecule has 5 nitrogen and oxygen atoms in total. The number of aromatic nitrogens is 1. The highest BCUT2D eigenvalue weighted by atomic mass is 19.4. The van der Waals surface area contributed by atoms with Crippen molar-refractivity contribution in [2.24, 2.45) is 0 Å². The number of rotatable bonds is 5. The monoisotopic (exact) mass is 373 g/mol. The Hall–Kier alpha value is -2.58. The first-order valence-corrected chi connectivity index (χ1v) is 7.88. The van der Waals surface area contributed by atoms with Gasteiger partial charge in [-0.2, -0.15) is 13.2 Å². The number of benzene rings is 1. The summed E-state index contributed by atoms with van der Waals surface area (Å²) in [5, 5.41) is 6.26. The van der Waals surface area contributed by atoms with Gasteiger partial charge in [-0.05, 0) is 12.0 Å². The first-order valence-electron chi connectivity index (χ1n) is 7.88. The molecule has 0 radical (unpaired) electrons. The molecule has 0 saturated heterocycles. The summed E-state index contributed by atoms with van der Waals surface area (Å²) < 4.78 is 57.2. The lowest BCUT2D eigenvalue weighted by atomic mass is 10.1. The summed E-state index contributed by atoms with van der Waals surface area (Å²) in [6.07, 6.45) is -4.79. The Labute approximate surface area is 148 Å². The molecule has 0 saturated carbocycles. The van der Waals surface area contributed by atoms with E-state index in [2.05, 4.69) is 10.5 Å². The fraction of sp³-hybridized carbons (Fsp3) is 0.412. The summed E-state index contributed by atoms with van der Waals surface area (Å²) in [6.45, 7) is 3.65. The van der Waals surface area contributed by atoms with E-state index in [4.69, 9.17) is 4.52 Å². The highest BCUT2D eigenvalue weighted by Crippen LogP contribution is 2.32. The van der Waals surface area contributed by atoms with E-state index in [0.29, 0.717) is 11.8 Å². The minimum atomic E-state index is -4.79. The summed E-state index contributed by atoms with van der Waals surface area (Å²) in [6, 6.07) is 4.09. The smallest absolute Gasteiger partial charge is 0.359 e. The third kappa shape index (κ3) is 4.74. The van der Waals surface area contributed by atoms with Crippen LogP contribution in [0.1, 0.15) is 42.3 Å². The van der Waals surface area contributed by atoms with Crippen molar-refractivity contribution in [2.45, 2.75) is 39.0 Å². The van der Waals surface area contributed by atoms with Crippen LogP contribution in [0, 0.1) is 5.82 Å². The summed E-state index contributed by atoms with van der Waals surface area (Å²) in [7, 11) is 1.48. The lowest BCUT2D eigenvalue weighted by Gasteiger charge is -2.17. The Morgan fingerprint density at radius 3 is 2.62 bits per heavy atom. The van der Waals surface area contributed by atoms with Gasteiger partial charge >= 0.3 is 12.2 Å². The Bertz CT molecular complexity index is 772. The quantitative estimate of drug-likeness (QED) is 0.795. The van der Waals surface area contributed by atoms with Gasteiger partial charge in [0.1, 0.15) is 5.82 Å². The van der Waals surface area contributed by atoms with Gasteiger partial charge in [-0.3, -0.25) is 0 Å². The molecular weight excluding hydrogens is 354 g/mol. The Balaban J connectivity index is 1.97. The maximum atomic E-state index is 13.9. The average Bonchev–Trinajstić information content (AvgIpc) is 3.01. The molecule has 2 rings (SSSR count). The van der Waals surface area contributed by atoms with Gasteiger partial charge in [-0.15, -0.1) is 0 Å². The molecule has 9 heteroatoms. The third-order valence-electron chi connectivity index (χ3n) is 3.72. The van der Waals surface area contributed by atoms with Crippen LogP contribution >= 0.6 is 0 Å². The Kier molecular flexibility index (Phi) is 5.89. The van der Waals surface area contributed by atoms with Gasteiger partial charge in [0.25, 0.3) is 0 Å². The second kappa shape index (κ2) is 7.76. The molecule has 0 aliphatic carbocycles. The number of halogens is 4. The number of amides is 2. The van der Waals surface area contributed by atoms with E-state index < -0.39 is 23.6 Å². The molecule has 0 aliphatic heterocycles. The standard InChI is InChI=1S/C17H19F4N3O2/c1-10(2)14-7-12(26-23-14)9-24(3)16(25)22-8-11-5-4-6-13(15(11)18)17(19,20)21/h4-7,10H,8-9H2,1-3H3,(H,22,25). The molecule has 1 aromatic heterocycles. The van der Waals surface area contributed by atoms with Crippen LogP contribution in [0.25, 0.3) is 0 Å². The van der Waals surface area contributed by atoms with E-state index in [1.54, 1.807) is 6.07 Å². The molecule has 26 heavy (non-hydrogen) atoms. The topological polar surface area (TPSA) is 58.4 Å². The Morgan fingerprint density at radius 1 is 1.35 bits per heavy atom. The molecule has 0 bridgehead atoms. The lowest BCUT2D eigenvalue weighted by molar-refractivity contribution is -0.140. The molecule has 0 aliphatic rings. The summed E-state index contributed by atoms with van der Waals surface area (Å²) in [5.74, 6) is -0.744. The zero-order valence-electron chi connectivity index (χ0n) is 14.5. The molecule has 0 fully saturated rings.